The molecule has 0 bridgehead atoms. The highest BCUT2D eigenvalue weighted by atomic mass is 79.9. The topological polar surface area (TPSA) is 88.2 Å². The Hall–Kier alpha value is -2.27. The van der Waals surface area contributed by atoms with Gasteiger partial charge in [0.2, 0.25) is 5.91 Å². The Bertz CT molecular complexity index is 1060. The maximum atomic E-state index is 13.2. The normalized spacial score (nSPS) is 21.4. The number of carbonyl (C=O) groups excluding carboxylic acids is 3. The lowest BCUT2D eigenvalue weighted by atomic mass is 10.1. The Kier molecular flexibility index (Phi) is 7.48. The van der Waals surface area contributed by atoms with Gasteiger partial charge < -0.3 is 24.6 Å². The molecule has 2 aliphatic heterocycles. The summed E-state index contributed by atoms with van der Waals surface area (Å²) in [6.45, 7) is 5.84. The molecule has 33 heavy (non-hydrogen) atoms. The van der Waals surface area contributed by atoms with Crippen molar-refractivity contribution >= 4 is 56.4 Å². The Morgan fingerprint density at radius 3 is 2.76 bits per heavy atom. The molecule has 10 heteroatoms. The standard InChI is InChI=1S/C23H26BrN3O5S/c1-3-32-21-16(25-22(29)18-6-7-19(24)33-18)13-27(23(21)30)15-4-5-17(14(2)12-15)26-9-11-31-10-8-20(26)28/h4-7,12,16,21H,3,8-11,13H2,1-2H3,(H,25,29). The van der Waals surface area contributed by atoms with Gasteiger partial charge in [0, 0.05) is 31.1 Å². The lowest BCUT2D eigenvalue weighted by Gasteiger charge is -2.24. The predicted molar refractivity (Wildman–Crippen MR) is 130 cm³/mol. The van der Waals surface area contributed by atoms with Crippen LogP contribution in [0.4, 0.5) is 11.4 Å². The van der Waals surface area contributed by atoms with Crippen LogP contribution in [-0.2, 0) is 19.1 Å². The van der Waals surface area contributed by atoms with Gasteiger partial charge in [-0.2, -0.15) is 0 Å². The Balaban J connectivity index is 1.54. The lowest BCUT2D eigenvalue weighted by Crippen LogP contribution is -2.44. The maximum Gasteiger partial charge on any atom is 0.261 e. The second-order valence-corrected chi connectivity index (χ2v) is 10.4. The summed E-state index contributed by atoms with van der Waals surface area (Å²) in [5, 5.41) is 2.96. The molecule has 4 rings (SSSR count). The van der Waals surface area contributed by atoms with Crippen LogP contribution in [0.15, 0.2) is 34.1 Å². The minimum Gasteiger partial charge on any atom is -0.379 e. The third-order valence-electron chi connectivity index (χ3n) is 5.72. The molecule has 3 heterocycles. The van der Waals surface area contributed by atoms with Crippen molar-refractivity contribution in [2.45, 2.75) is 32.4 Å². The number of benzene rings is 1. The fourth-order valence-electron chi connectivity index (χ4n) is 4.15. The number of halogens is 1. The van der Waals surface area contributed by atoms with Crippen molar-refractivity contribution in [2.75, 3.05) is 42.7 Å². The number of ether oxygens (including phenoxy) is 2. The van der Waals surface area contributed by atoms with E-state index in [-0.39, 0.29) is 17.7 Å². The second kappa shape index (κ2) is 10.3. The van der Waals surface area contributed by atoms with Crippen LogP contribution < -0.4 is 15.1 Å². The van der Waals surface area contributed by atoms with E-state index in [1.807, 2.05) is 38.1 Å². The number of anilines is 2. The van der Waals surface area contributed by atoms with Gasteiger partial charge in [0.1, 0.15) is 0 Å². The van der Waals surface area contributed by atoms with E-state index < -0.39 is 12.1 Å². The molecule has 2 fully saturated rings. The lowest BCUT2D eigenvalue weighted by molar-refractivity contribution is -0.127. The first-order valence-corrected chi connectivity index (χ1v) is 12.5. The highest BCUT2D eigenvalue weighted by Gasteiger charge is 2.43. The Morgan fingerprint density at radius 1 is 1.24 bits per heavy atom. The van der Waals surface area contributed by atoms with Gasteiger partial charge in [0.15, 0.2) is 6.10 Å². The number of carbonyl (C=O) groups is 3. The van der Waals surface area contributed by atoms with Crippen LogP contribution in [0.1, 0.15) is 28.6 Å². The minimum absolute atomic E-state index is 0.0278. The molecule has 0 radical (unpaired) electrons. The van der Waals surface area contributed by atoms with Gasteiger partial charge >= 0.3 is 0 Å². The summed E-state index contributed by atoms with van der Waals surface area (Å²) in [5.41, 5.74) is 2.41. The van der Waals surface area contributed by atoms with E-state index in [2.05, 4.69) is 21.2 Å². The Labute approximate surface area is 205 Å². The Morgan fingerprint density at radius 2 is 2.06 bits per heavy atom. The summed E-state index contributed by atoms with van der Waals surface area (Å²) in [6, 6.07) is 8.68. The zero-order valence-corrected chi connectivity index (χ0v) is 20.9. The number of rotatable bonds is 6. The van der Waals surface area contributed by atoms with E-state index in [4.69, 9.17) is 9.47 Å². The number of hydrogen-bond acceptors (Lipinski definition) is 6. The molecule has 1 N–H and O–H groups in total. The molecule has 1 aromatic heterocycles. The second-order valence-electron chi connectivity index (χ2n) is 7.89. The molecule has 0 saturated carbocycles. The van der Waals surface area contributed by atoms with E-state index in [9.17, 15) is 14.4 Å². The van der Waals surface area contributed by atoms with Gasteiger partial charge in [-0.25, -0.2) is 0 Å². The molecular formula is C23H26BrN3O5S. The predicted octanol–water partition coefficient (Wildman–Crippen LogP) is 3.12. The van der Waals surface area contributed by atoms with Crippen LogP contribution in [0.25, 0.3) is 0 Å². The van der Waals surface area contributed by atoms with E-state index >= 15 is 0 Å². The quantitative estimate of drug-likeness (QED) is 0.613. The molecule has 2 aliphatic rings. The summed E-state index contributed by atoms with van der Waals surface area (Å²) in [7, 11) is 0. The molecular weight excluding hydrogens is 510 g/mol. The summed E-state index contributed by atoms with van der Waals surface area (Å²) < 4.78 is 12.0. The van der Waals surface area contributed by atoms with Gasteiger partial charge in [0.25, 0.3) is 11.8 Å². The average molecular weight is 536 g/mol. The largest absolute Gasteiger partial charge is 0.379 e. The number of nitrogens with one attached hydrogen (secondary N) is 1. The van der Waals surface area contributed by atoms with Gasteiger partial charge in [-0.15, -0.1) is 11.3 Å². The SMILES string of the molecule is CCOC1C(=O)N(c2ccc(N3CCOCCC3=O)c(C)c2)CC1NC(=O)c1ccc(Br)s1. The van der Waals surface area contributed by atoms with Gasteiger partial charge in [-0.1, -0.05) is 0 Å². The molecule has 3 amide bonds. The first-order chi connectivity index (χ1) is 15.9. The van der Waals surface area contributed by atoms with Gasteiger partial charge in [0.05, 0.1) is 34.3 Å². The zero-order chi connectivity index (χ0) is 23.5. The number of amides is 3. The molecule has 1 aromatic carbocycles. The highest BCUT2D eigenvalue weighted by molar-refractivity contribution is 9.11. The third kappa shape index (κ3) is 5.13. The molecule has 2 atom stereocenters. The van der Waals surface area contributed by atoms with Crippen LogP contribution in [0.3, 0.4) is 0 Å². The van der Waals surface area contributed by atoms with Crippen molar-refractivity contribution in [3.05, 3.63) is 44.6 Å². The van der Waals surface area contributed by atoms with Crippen molar-refractivity contribution < 1.29 is 23.9 Å². The fraction of sp³-hybridized carbons (Fsp3) is 0.435. The summed E-state index contributed by atoms with van der Waals surface area (Å²) >= 11 is 4.70. The number of nitrogens with zero attached hydrogens (tertiary/aromatic N) is 2. The van der Waals surface area contributed by atoms with E-state index in [1.54, 1.807) is 15.9 Å². The van der Waals surface area contributed by atoms with Crippen LogP contribution in [0.5, 0.6) is 0 Å². The fourth-order valence-corrected chi connectivity index (χ4v) is 5.44. The number of aryl methyl sites for hydroxylation is 1. The van der Waals surface area contributed by atoms with Crippen LogP contribution >= 0.6 is 27.3 Å². The van der Waals surface area contributed by atoms with E-state index in [1.165, 1.54) is 11.3 Å². The van der Waals surface area contributed by atoms with Crippen LogP contribution in [0, 0.1) is 6.92 Å². The summed E-state index contributed by atoms with van der Waals surface area (Å²) in [6.07, 6.45) is -0.406. The molecule has 8 nitrogen and oxygen atoms in total. The van der Waals surface area contributed by atoms with Crippen molar-refractivity contribution in [1.29, 1.82) is 0 Å². The first-order valence-electron chi connectivity index (χ1n) is 10.9. The van der Waals surface area contributed by atoms with Crippen molar-refractivity contribution in [2.24, 2.45) is 0 Å². The smallest absolute Gasteiger partial charge is 0.261 e. The van der Waals surface area contributed by atoms with Gasteiger partial charge in [-0.3, -0.25) is 14.4 Å². The summed E-state index contributed by atoms with van der Waals surface area (Å²) in [5.74, 6) is -0.399. The van der Waals surface area contributed by atoms with Crippen molar-refractivity contribution in [1.82, 2.24) is 5.32 Å². The molecule has 2 saturated heterocycles. The number of hydrogen-bond donors (Lipinski definition) is 1. The third-order valence-corrected chi connectivity index (χ3v) is 7.34. The maximum absolute atomic E-state index is 13.2. The minimum atomic E-state index is -0.758. The van der Waals surface area contributed by atoms with E-state index in [0.717, 1.165) is 15.0 Å². The van der Waals surface area contributed by atoms with E-state index in [0.29, 0.717) is 49.9 Å². The van der Waals surface area contributed by atoms with Crippen molar-refractivity contribution in [3.8, 4) is 0 Å². The molecule has 2 unspecified atom stereocenters. The number of thiophene rings is 1. The molecule has 2 aromatic rings. The first kappa shape index (κ1) is 23.9. The molecule has 0 aliphatic carbocycles. The van der Waals surface area contributed by atoms with Gasteiger partial charge in [-0.05, 0) is 65.7 Å². The monoisotopic (exact) mass is 535 g/mol. The average Bonchev–Trinajstić information content (AvgIpc) is 3.27. The zero-order valence-electron chi connectivity index (χ0n) is 18.5. The molecule has 176 valence electrons. The van der Waals surface area contributed by atoms with Crippen LogP contribution in [0.2, 0.25) is 0 Å². The van der Waals surface area contributed by atoms with Crippen molar-refractivity contribution in [3.63, 3.8) is 0 Å². The highest BCUT2D eigenvalue weighted by Crippen LogP contribution is 2.30. The van der Waals surface area contributed by atoms with Crippen LogP contribution in [-0.4, -0.2) is 62.8 Å². The summed E-state index contributed by atoms with van der Waals surface area (Å²) in [4.78, 5) is 42.3. The molecule has 0 spiro atoms.